The molecule has 11 heteroatoms. The summed E-state index contributed by atoms with van der Waals surface area (Å²) in [6, 6.07) is 0. The molecule has 0 unspecified atom stereocenters. The minimum Gasteiger partial charge on any atom is -0.465 e. The average Bonchev–Trinajstić information content (AvgIpc) is 2.56. The minimum absolute atomic E-state index is 0.274. The van der Waals surface area contributed by atoms with E-state index in [0.717, 1.165) is 6.92 Å². The Kier molecular flexibility index (Phi) is 6.81. The van der Waals surface area contributed by atoms with Crippen molar-refractivity contribution >= 4 is 23.4 Å². The zero-order valence-corrected chi connectivity index (χ0v) is 13.9. The highest BCUT2D eigenvalue weighted by Crippen LogP contribution is 2.33. The number of nitrogens with zero attached hydrogens (tertiary/aromatic N) is 1. The number of ether oxygens (including phenoxy) is 2. The number of Topliss-reactive ketones (excluding diaryl/α,β-unsaturated/α-hetero) is 1. The smallest absolute Gasteiger partial charge is 0.328 e. The number of hydrogen-bond donors (Lipinski definition) is 0. The molecule has 0 amide bonds. The van der Waals surface area contributed by atoms with E-state index in [1.165, 1.54) is 13.8 Å². The van der Waals surface area contributed by atoms with Crippen LogP contribution in [0.4, 0.5) is 18.9 Å². The van der Waals surface area contributed by atoms with Crippen LogP contribution in [0.25, 0.3) is 0 Å². The summed E-state index contributed by atoms with van der Waals surface area (Å²) in [7, 11) is 0. The first-order chi connectivity index (χ1) is 12.1. The van der Waals surface area contributed by atoms with E-state index >= 15 is 0 Å². The summed E-state index contributed by atoms with van der Waals surface area (Å²) in [6.45, 7) is 2.87. The van der Waals surface area contributed by atoms with Gasteiger partial charge in [-0.25, -0.2) is 8.78 Å². The van der Waals surface area contributed by atoms with Crippen molar-refractivity contribution in [3.05, 3.63) is 38.7 Å². The van der Waals surface area contributed by atoms with Crippen molar-refractivity contribution in [2.45, 2.75) is 20.8 Å². The zero-order chi connectivity index (χ0) is 20.2. The molecule has 142 valence electrons. The molecule has 26 heavy (non-hydrogen) atoms. The molecule has 0 atom stereocenters. The Morgan fingerprint density at radius 3 is 1.85 bits per heavy atom. The van der Waals surface area contributed by atoms with Gasteiger partial charge in [-0.15, -0.1) is 0 Å². The number of ketones is 1. The van der Waals surface area contributed by atoms with Crippen LogP contribution >= 0.6 is 0 Å². The van der Waals surface area contributed by atoms with Gasteiger partial charge < -0.3 is 9.47 Å². The molecular formula is C15H14F3NO7. The number of halogens is 3. The number of carbonyl (C=O) groups is 3. The predicted octanol–water partition coefficient (Wildman–Crippen LogP) is 2.25. The fourth-order valence-corrected chi connectivity index (χ4v) is 2.07. The van der Waals surface area contributed by atoms with Crippen LogP contribution in [0.5, 0.6) is 0 Å². The van der Waals surface area contributed by atoms with Gasteiger partial charge >= 0.3 is 17.6 Å². The molecule has 0 aliphatic carbocycles. The van der Waals surface area contributed by atoms with E-state index in [0.29, 0.717) is 0 Å². The number of esters is 2. The Bertz CT molecular complexity index is 761. The molecule has 0 bridgehead atoms. The lowest BCUT2D eigenvalue weighted by atomic mass is 9.93. The van der Waals surface area contributed by atoms with Crippen LogP contribution in [-0.4, -0.2) is 35.9 Å². The number of nitro groups is 1. The second-order valence-electron chi connectivity index (χ2n) is 4.85. The quantitative estimate of drug-likeness (QED) is 0.179. The molecule has 0 fully saturated rings. The van der Waals surface area contributed by atoms with Crippen LogP contribution in [0.3, 0.4) is 0 Å². The van der Waals surface area contributed by atoms with E-state index in [4.69, 9.17) is 0 Å². The Labute approximate surface area is 145 Å². The first-order valence-electron chi connectivity index (χ1n) is 7.28. The van der Waals surface area contributed by atoms with Crippen molar-refractivity contribution in [3.8, 4) is 0 Å². The van der Waals surface area contributed by atoms with Gasteiger partial charge in [0.05, 0.1) is 18.1 Å². The number of hydrogen-bond acceptors (Lipinski definition) is 7. The van der Waals surface area contributed by atoms with Gasteiger partial charge in [0, 0.05) is 5.56 Å². The molecule has 0 aromatic heterocycles. The Hall–Kier alpha value is -2.98. The fourth-order valence-electron chi connectivity index (χ4n) is 2.07. The number of rotatable bonds is 7. The molecule has 1 aromatic carbocycles. The van der Waals surface area contributed by atoms with E-state index in [1.807, 2.05) is 0 Å². The zero-order valence-electron chi connectivity index (χ0n) is 13.9. The van der Waals surface area contributed by atoms with Gasteiger partial charge in [-0.05, 0) is 20.8 Å². The molecule has 0 spiro atoms. The van der Waals surface area contributed by atoms with Crippen molar-refractivity contribution in [2.24, 2.45) is 5.92 Å². The molecule has 1 aromatic rings. The van der Waals surface area contributed by atoms with Gasteiger partial charge in [0.15, 0.2) is 11.6 Å². The largest absolute Gasteiger partial charge is 0.465 e. The maximum atomic E-state index is 14.3. The predicted molar refractivity (Wildman–Crippen MR) is 78.8 cm³/mol. The van der Waals surface area contributed by atoms with Gasteiger partial charge in [-0.1, -0.05) is 0 Å². The van der Waals surface area contributed by atoms with Gasteiger partial charge in [-0.3, -0.25) is 24.5 Å². The lowest BCUT2D eigenvalue weighted by Gasteiger charge is -2.15. The molecule has 0 aliphatic rings. The normalized spacial score (nSPS) is 10.6. The molecule has 8 nitrogen and oxygen atoms in total. The third-order valence-electron chi connectivity index (χ3n) is 3.25. The summed E-state index contributed by atoms with van der Waals surface area (Å²) in [5, 5.41) is 11.0. The van der Waals surface area contributed by atoms with E-state index in [2.05, 4.69) is 9.47 Å². The topological polar surface area (TPSA) is 113 Å². The lowest BCUT2D eigenvalue weighted by Crippen LogP contribution is -2.36. The summed E-state index contributed by atoms with van der Waals surface area (Å²) in [6.07, 6.45) is 0. The van der Waals surface area contributed by atoms with Crippen molar-refractivity contribution in [2.75, 3.05) is 13.2 Å². The van der Waals surface area contributed by atoms with Crippen molar-refractivity contribution in [3.63, 3.8) is 0 Å². The third kappa shape index (κ3) is 3.81. The molecular weight excluding hydrogens is 363 g/mol. The van der Waals surface area contributed by atoms with Gasteiger partial charge in [-0.2, -0.15) is 4.39 Å². The minimum atomic E-state index is -2.42. The SMILES string of the molecule is CCOC(=O)C(C(=O)OCC)C(=O)c1c(F)c(C)c(F)c(F)c1[N+](=O)[O-]. The second kappa shape index (κ2) is 8.41. The Morgan fingerprint density at radius 2 is 1.46 bits per heavy atom. The van der Waals surface area contributed by atoms with Gasteiger partial charge in [0.2, 0.25) is 11.7 Å². The van der Waals surface area contributed by atoms with E-state index in [9.17, 15) is 37.7 Å². The molecule has 0 aliphatic heterocycles. The monoisotopic (exact) mass is 377 g/mol. The van der Waals surface area contributed by atoms with Crippen LogP contribution in [0.1, 0.15) is 29.8 Å². The van der Waals surface area contributed by atoms with E-state index < -0.39 is 62.8 Å². The Balaban J connectivity index is 3.69. The first-order valence-corrected chi connectivity index (χ1v) is 7.28. The highest BCUT2D eigenvalue weighted by Gasteiger charge is 2.44. The highest BCUT2D eigenvalue weighted by molar-refractivity contribution is 6.22. The van der Waals surface area contributed by atoms with Crippen LogP contribution in [0.15, 0.2) is 0 Å². The second-order valence-corrected chi connectivity index (χ2v) is 4.85. The summed E-state index contributed by atoms with van der Waals surface area (Å²) in [5.41, 5.74) is -4.39. The molecule has 0 N–H and O–H groups in total. The van der Waals surface area contributed by atoms with E-state index in [1.54, 1.807) is 0 Å². The summed E-state index contributed by atoms with van der Waals surface area (Å²) < 4.78 is 50.9. The van der Waals surface area contributed by atoms with Crippen LogP contribution in [-0.2, 0) is 19.1 Å². The van der Waals surface area contributed by atoms with Gasteiger partial charge in [0.1, 0.15) is 11.4 Å². The number of nitro benzene ring substituents is 1. The van der Waals surface area contributed by atoms with Crippen molar-refractivity contribution in [1.29, 1.82) is 0 Å². The standard InChI is InChI=1S/C15H14F3NO7/c1-4-25-14(21)8(15(22)26-5-2)13(20)7-9(16)6(3)10(17)11(18)12(7)19(23)24/h8H,4-5H2,1-3H3. The lowest BCUT2D eigenvalue weighted by molar-refractivity contribution is -0.388. The molecule has 0 radical (unpaired) electrons. The van der Waals surface area contributed by atoms with Gasteiger partial charge in [0.25, 0.3) is 0 Å². The fraction of sp³-hybridized carbons (Fsp3) is 0.400. The molecule has 1 rings (SSSR count). The number of benzene rings is 1. The average molecular weight is 377 g/mol. The maximum Gasteiger partial charge on any atom is 0.328 e. The third-order valence-corrected chi connectivity index (χ3v) is 3.25. The summed E-state index contributed by atoms with van der Waals surface area (Å²) in [5.74, 6) is -12.8. The highest BCUT2D eigenvalue weighted by atomic mass is 19.2. The number of carbonyl (C=O) groups excluding carboxylic acids is 3. The van der Waals surface area contributed by atoms with Crippen molar-refractivity contribution in [1.82, 2.24) is 0 Å². The van der Waals surface area contributed by atoms with Crippen molar-refractivity contribution < 1.29 is 42.0 Å². The molecule has 0 heterocycles. The Morgan fingerprint density at radius 1 is 1.00 bits per heavy atom. The molecule has 0 saturated carbocycles. The maximum absolute atomic E-state index is 14.3. The first kappa shape index (κ1) is 21.1. The van der Waals surface area contributed by atoms with E-state index in [-0.39, 0.29) is 13.2 Å². The summed E-state index contributed by atoms with van der Waals surface area (Å²) in [4.78, 5) is 45.8. The van der Waals surface area contributed by atoms with Crippen LogP contribution in [0, 0.1) is 40.4 Å². The molecule has 0 saturated heterocycles. The van der Waals surface area contributed by atoms with Crippen LogP contribution < -0.4 is 0 Å². The van der Waals surface area contributed by atoms with Crippen LogP contribution in [0.2, 0.25) is 0 Å². The summed E-state index contributed by atoms with van der Waals surface area (Å²) >= 11 is 0.